The van der Waals surface area contributed by atoms with Crippen LogP contribution in [0.5, 0.6) is 0 Å². The van der Waals surface area contributed by atoms with Crippen LogP contribution >= 0.6 is 0 Å². The fourth-order valence-electron chi connectivity index (χ4n) is 2.99. The number of carboxylic acids is 1. The minimum atomic E-state index is -1.19. The van der Waals surface area contributed by atoms with Crippen LogP contribution in [0.2, 0.25) is 0 Å². The summed E-state index contributed by atoms with van der Waals surface area (Å²) in [5.41, 5.74) is 0. The monoisotopic (exact) mass is 447 g/mol. The average molecular weight is 448 g/mol. The molecule has 0 radical (unpaired) electrons. The maximum absolute atomic E-state index is 10.5. The predicted octanol–water partition coefficient (Wildman–Crippen LogP) is 3.26. The maximum atomic E-state index is 10.5. The average Bonchev–Trinajstić information content (AvgIpc) is 2.74. The molecule has 0 bridgehead atoms. The van der Waals surface area contributed by atoms with Crippen molar-refractivity contribution in [3.63, 3.8) is 0 Å². The molecular formula is C24H47O7-. The van der Waals surface area contributed by atoms with Gasteiger partial charge in [0, 0.05) is 5.97 Å². The Labute approximate surface area is 189 Å². The summed E-state index contributed by atoms with van der Waals surface area (Å²) >= 11 is 0. The molecule has 0 aliphatic rings. The zero-order valence-corrected chi connectivity index (χ0v) is 19.9. The second-order valence-corrected chi connectivity index (χ2v) is 8.21. The van der Waals surface area contributed by atoms with Crippen molar-refractivity contribution < 1.29 is 34.8 Å². The molecule has 7 nitrogen and oxygen atoms in total. The number of aliphatic carboxylic acids is 1. The van der Waals surface area contributed by atoms with Crippen molar-refractivity contribution in [1.29, 1.82) is 0 Å². The molecule has 0 rings (SSSR count). The van der Waals surface area contributed by atoms with Crippen LogP contribution in [-0.2, 0) is 14.3 Å². The van der Waals surface area contributed by atoms with Crippen molar-refractivity contribution in [1.82, 2.24) is 0 Å². The summed E-state index contributed by atoms with van der Waals surface area (Å²) in [6.07, 6.45) is 17.6. The fourth-order valence-corrected chi connectivity index (χ4v) is 2.99. The van der Waals surface area contributed by atoms with Gasteiger partial charge in [-0.3, -0.25) is 0 Å². The zero-order chi connectivity index (χ0) is 23.7. The molecular weight excluding hydrogens is 400 g/mol. The number of carboxylic acid groups (broad SMARTS) is 1. The summed E-state index contributed by atoms with van der Waals surface area (Å²) < 4.78 is 4.36. The molecule has 0 heterocycles. The van der Waals surface area contributed by atoms with Crippen LogP contribution in [0.15, 0.2) is 0 Å². The number of rotatable bonds is 20. The summed E-state index contributed by atoms with van der Waals surface area (Å²) in [6.45, 7) is 2.77. The largest absolute Gasteiger partial charge is 0.550 e. The Bertz CT molecular complexity index is 399. The summed E-state index contributed by atoms with van der Waals surface area (Å²) in [7, 11) is 0. The molecule has 0 aromatic rings. The van der Waals surface area contributed by atoms with Crippen LogP contribution < -0.4 is 5.11 Å². The molecule has 0 amide bonds. The molecule has 0 aromatic heterocycles. The van der Waals surface area contributed by atoms with E-state index in [0.29, 0.717) is 0 Å². The number of hydrogen-bond donors (Lipinski definition) is 3. The molecule has 31 heavy (non-hydrogen) atoms. The molecule has 7 heteroatoms. The van der Waals surface area contributed by atoms with Crippen LogP contribution in [-0.4, -0.2) is 52.7 Å². The lowest BCUT2D eigenvalue weighted by atomic mass is 10.0. The van der Waals surface area contributed by atoms with Gasteiger partial charge in [0.15, 0.2) is 0 Å². The molecule has 186 valence electrons. The topological polar surface area (TPSA) is 127 Å². The van der Waals surface area contributed by atoms with Gasteiger partial charge < -0.3 is 30.0 Å². The van der Waals surface area contributed by atoms with E-state index in [0.717, 1.165) is 12.8 Å². The van der Waals surface area contributed by atoms with Gasteiger partial charge in [0.25, 0.3) is 0 Å². The second-order valence-electron chi connectivity index (χ2n) is 8.21. The van der Waals surface area contributed by atoms with Gasteiger partial charge in [0.2, 0.25) is 0 Å². The minimum absolute atomic E-state index is 0.234. The van der Waals surface area contributed by atoms with E-state index < -0.39 is 30.8 Å². The van der Waals surface area contributed by atoms with Gasteiger partial charge in [-0.2, -0.15) is 0 Å². The lowest BCUT2D eigenvalue weighted by molar-refractivity contribution is -0.305. The Morgan fingerprint density at radius 3 is 1.48 bits per heavy atom. The first-order valence-electron chi connectivity index (χ1n) is 12.2. The van der Waals surface area contributed by atoms with Crippen molar-refractivity contribution in [3.05, 3.63) is 0 Å². The van der Waals surface area contributed by atoms with Crippen molar-refractivity contribution in [3.8, 4) is 0 Å². The van der Waals surface area contributed by atoms with E-state index in [4.69, 9.17) is 15.3 Å². The van der Waals surface area contributed by atoms with Crippen molar-refractivity contribution in [2.75, 3.05) is 13.2 Å². The molecule has 0 fully saturated rings. The zero-order valence-electron chi connectivity index (χ0n) is 19.9. The Balaban J connectivity index is 0. The second kappa shape index (κ2) is 25.1. The summed E-state index contributed by atoms with van der Waals surface area (Å²) in [4.78, 5) is 20.7. The van der Waals surface area contributed by atoms with Gasteiger partial charge in [-0.1, -0.05) is 96.8 Å². The third-order valence-electron chi connectivity index (χ3n) is 4.95. The first kappa shape index (κ1) is 32.0. The molecule has 0 aliphatic carbocycles. The molecule has 0 spiro atoms. The van der Waals surface area contributed by atoms with Gasteiger partial charge in [0.05, 0.1) is 6.61 Å². The van der Waals surface area contributed by atoms with Crippen molar-refractivity contribution in [2.24, 2.45) is 0 Å². The van der Waals surface area contributed by atoms with Crippen molar-refractivity contribution in [2.45, 2.75) is 129 Å². The number of esters is 1. The van der Waals surface area contributed by atoms with Crippen LogP contribution in [0.1, 0.15) is 117 Å². The number of carbonyl (C=O) groups is 2. The highest BCUT2D eigenvalue weighted by Crippen LogP contribution is 2.13. The standard InChI is InChI=1S/C18H36O2.C6H12O5/c1-2-3-4-5-6-7-8-9-10-11-12-13-14-15-16-17-18(19)20;1-4(8)6(10)11-3-5(9)2-7/h2-17H2,1H3,(H,19,20);4-5,7-9H,2-3H2,1H3/p-1. The highest BCUT2D eigenvalue weighted by atomic mass is 16.6. The van der Waals surface area contributed by atoms with E-state index in [2.05, 4.69) is 11.7 Å². The normalized spacial score (nSPS) is 12.5. The molecule has 0 saturated heterocycles. The van der Waals surface area contributed by atoms with Crippen LogP contribution in [0.3, 0.4) is 0 Å². The number of carbonyl (C=O) groups excluding carboxylic acids is 2. The Morgan fingerprint density at radius 1 is 0.774 bits per heavy atom. The lowest BCUT2D eigenvalue weighted by Crippen LogP contribution is -2.26. The Morgan fingerprint density at radius 2 is 1.16 bits per heavy atom. The Kier molecular flexibility index (Phi) is 25.9. The summed E-state index contributed by atoms with van der Waals surface area (Å²) in [5.74, 6) is -1.71. The molecule has 3 N–H and O–H groups in total. The number of ether oxygens (including phenoxy) is 1. The molecule has 0 aliphatic heterocycles. The van der Waals surface area contributed by atoms with Gasteiger partial charge in [-0.15, -0.1) is 0 Å². The predicted molar refractivity (Wildman–Crippen MR) is 120 cm³/mol. The highest BCUT2D eigenvalue weighted by molar-refractivity contribution is 5.73. The minimum Gasteiger partial charge on any atom is -0.550 e. The maximum Gasteiger partial charge on any atom is 0.334 e. The number of aliphatic hydroxyl groups excluding tert-OH is 3. The van der Waals surface area contributed by atoms with Gasteiger partial charge in [-0.05, 0) is 19.8 Å². The number of hydrogen-bond acceptors (Lipinski definition) is 7. The van der Waals surface area contributed by atoms with E-state index >= 15 is 0 Å². The highest BCUT2D eigenvalue weighted by Gasteiger charge is 2.12. The van der Waals surface area contributed by atoms with Crippen LogP contribution in [0.25, 0.3) is 0 Å². The third-order valence-corrected chi connectivity index (χ3v) is 4.95. The molecule has 0 aromatic carbocycles. The van der Waals surface area contributed by atoms with E-state index in [1.807, 2.05) is 0 Å². The van der Waals surface area contributed by atoms with Crippen LogP contribution in [0.4, 0.5) is 0 Å². The smallest absolute Gasteiger partial charge is 0.334 e. The van der Waals surface area contributed by atoms with Gasteiger partial charge in [0.1, 0.15) is 18.8 Å². The first-order chi connectivity index (χ1) is 14.8. The van der Waals surface area contributed by atoms with Gasteiger partial charge in [-0.25, -0.2) is 4.79 Å². The summed E-state index contributed by atoms with van der Waals surface area (Å²) in [6, 6.07) is 0. The van der Waals surface area contributed by atoms with Crippen molar-refractivity contribution >= 4 is 11.9 Å². The lowest BCUT2D eigenvalue weighted by Gasteiger charge is -2.09. The van der Waals surface area contributed by atoms with E-state index in [1.165, 1.54) is 90.4 Å². The van der Waals surface area contributed by atoms with E-state index in [1.54, 1.807) is 0 Å². The SMILES string of the molecule is CC(O)C(=O)OCC(O)CO.CCCCCCCCCCCCCCCCCC(=O)[O-]. The quantitative estimate of drug-likeness (QED) is 0.193. The fraction of sp³-hybridized carbons (Fsp3) is 0.917. The third kappa shape index (κ3) is 28.8. The van der Waals surface area contributed by atoms with Gasteiger partial charge >= 0.3 is 5.97 Å². The Hall–Kier alpha value is -1.18. The van der Waals surface area contributed by atoms with E-state index in [9.17, 15) is 14.7 Å². The first-order valence-corrected chi connectivity index (χ1v) is 12.2. The molecule has 0 saturated carbocycles. The van der Waals surface area contributed by atoms with E-state index in [-0.39, 0.29) is 13.0 Å². The van der Waals surface area contributed by atoms with Crippen LogP contribution in [0, 0.1) is 0 Å². The molecule has 2 unspecified atom stereocenters. The number of unbranched alkanes of at least 4 members (excludes halogenated alkanes) is 14. The molecule has 2 atom stereocenters. The number of aliphatic hydroxyl groups is 3. The summed E-state index contributed by atoms with van der Waals surface area (Å²) in [5, 5.41) is 35.8.